The van der Waals surface area contributed by atoms with Crippen molar-refractivity contribution in [3.8, 4) is 11.5 Å². The highest BCUT2D eigenvalue weighted by molar-refractivity contribution is 5.87. The zero-order valence-corrected chi connectivity index (χ0v) is 15.0. The average molecular weight is 363 g/mol. The van der Waals surface area contributed by atoms with Crippen LogP contribution in [0.25, 0.3) is 21.8 Å². The Morgan fingerprint density at radius 3 is 2.85 bits per heavy atom. The summed E-state index contributed by atoms with van der Waals surface area (Å²) in [5.74, 6) is 1.38. The molecular weight excluding hydrogens is 342 g/mol. The van der Waals surface area contributed by atoms with Gasteiger partial charge in [0, 0.05) is 40.7 Å². The molecule has 3 N–H and O–H groups in total. The Bertz CT molecular complexity index is 1080. The first-order chi connectivity index (χ1) is 13.2. The summed E-state index contributed by atoms with van der Waals surface area (Å²) in [5.41, 5.74) is 3.19. The zero-order valence-electron chi connectivity index (χ0n) is 15.0. The molecular formula is C21H21N3O3. The number of hydrogen-bond acceptors (Lipinski definition) is 3. The lowest BCUT2D eigenvalue weighted by atomic mass is 10.1. The lowest BCUT2D eigenvalue weighted by Gasteiger charge is -2.08. The average Bonchev–Trinajstić information content (AvgIpc) is 3.33. The van der Waals surface area contributed by atoms with E-state index in [1.165, 1.54) is 0 Å². The number of ether oxygens (including phenoxy) is 2. The second-order valence-electron chi connectivity index (χ2n) is 6.31. The van der Waals surface area contributed by atoms with E-state index in [1.54, 1.807) is 7.11 Å². The van der Waals surface area contributed by atoms with E-state index in [0.29, 0.717) is 12.3 Å². The van der Waals surface area contributed by atoms with Crippen LogP contribution in [0, 0.1) is 0 Å². The van der Waals surface area contributed by atoms with Crippen LogP contribution in [0.2, 0.25) is 0 Å². The van der Waals surface area contributed by atoms with Gasteiger partial charge < -0.3 is 24.8 Å². The van der Waals surface area contributed by atoms with Gasteiger partial charge in [0.25, 0.3) is 5.91 Å². The fourth-order valence-corrected chi connectivity index (χ4v) is 3.20. The van der Waals surface area contributed by atoms with Crippen molar-refractivity contribution >= 4 is 27.7 Å². The van der Waals surface area contributed by atoms with Crippen LogP contribution in [-0.2, 0) is 11.2 Å². The molecule has 27 heavy (non-hydrogen) atoms. The predicted octanol–water partition coefficient (Wildman–Crippen LogP) is 3.40. The number of aromatic amines is 2. The van der Waals surface area contributed by atoms with Crippen LogP contribution in [0.15, 0.2) is 54.9 Å². The number of methoxy groups -OCH3 is 1. The van der Waals surface area contributed by atoms with Gasteiger partial charge in [-0.2, -0.15) is 0 Å². The molecule has 6 heteroatoms. The molecule has 4 aromatic rings. The standard InChI is InChI=1S/C21H21N3O3/c1-26-15-5-6-19-17(11-15)14(12-24-19)7-9-23-21(25)13-27-20-4-2-3-18-16(20)8-10-22-18/h2-6,8,10-12,22,24H,7,9,13H2,1H3,(H,23,25). The molecule has 0 saturated heterocycles. The highest BCUT2D eigenvalue weighted by Gasteiger charge is 2.08. The molecule has 0 spiro atoms. The van der Waals surface area contributed by atoms with Crippen molar-refractivity contribution in [3.63, 3.8) is 0 Å². The van der Waals surface area contributed by atoms with Crippen LogP contribution < -0.4 is 14.8 Å². The number of nitrogens with one attached hydrogen (secondary N) is 3. The van der Waals surface area contributed by atoms with Crippen molar-refractivity contribution in [2.75, 3.05) is 20.3 Å². The van der Waals surface area contributed by atoms with Crippen LogP contribution >= 0.6 is 0 Å². The molecule has 138 valence electrons. The SMILES string of the molecule is COc1ccc2[nH]cc(CCNC(=O)COc3cccc4[nH]ccc34)c2c1. The van der Waals surface area contributed by atoms with Crippen LogP contribution in [0.4, 0.5) is 0 Å². The molecule has 0 fully saturated rings. The Morgan fingerprint density at radius 1 is 1.07 bits per heavy atom. The summed E-state index contributed by atoms with van der Waals surface area (Å²) in [4.78, 5) is 18.5. The fraction of sp³-hybridized carbons (Fsp3) is 0.190. The normalized spacial score (nSPS) is 11.0. The second kappa shape index (κ2) is 7.45. The van der Waals surface area contributed by atoms with Crippen molar-refractivity contribution in [2.24, 2.45) is 0 Å². The van der Waals surface area contributed by atoms with E-state index in [4.69, 9.17) is 9.47 Å². The van der Waals surface area contributed by atoms with Gasteiger partial charge in [0.2, 0.25) is 0 Å². The molecule has 0 atom stereocenters. The van der Waals surface area contributed by atoms with E-state index < -0.39 is 0 Å². The number of H-pyrrole nitrogens is 2. The lowest BCUT2D eigenvalue weighted by molar-refractivity contribution is -0.123. The monoisotopic (exact) mass is 363 g/mol. The number of amides is 1. The Kier molecular flexibility index (Phi) is 4.70. The van der Waals surface area contributed by atoms with E-state index in [2.05, 4.69) is 15.3 Å². The van der Waals surface area contributed by atoms with Gasteiger partial charge in [0.05, 0.1) is 7.11 Å². The Hall–Kier alpha value is -3.41. The quantitative estimate of drug-likeness (QED) is 0.471. The molecule has 0 saturated carbocycles. The number of aromatic nitrogens is 2. The van der Waals surface area contributed by atoms with Crippen LogP contribution in [0.1, 0.15) is 5.56 Å². The minimum absolute atomic E-state index is 0.00794. The summed E-state index contributed by atoms with van der Waals surface area (Å²) >= 11 is 0. The van der Waals surface area contributed by atoms with Crippen molar-refractivity contribution < 1.29 is 14.3 Å². The third-order valence-electron chi connectivity index (χ3n) is 4.60. The Labute approximate surface area is 156 Å². The van der Waals surface area contributed by atoms with Gasteiger partial charge in [0.1, 0.15) is 11.5 Å². The molecule has 0 bridgehead atoms. The van der Waals surface area contributed by atoms with Gasteiger partial charge in [0.15, 0.2) is 6.61 Å². The van der Waals surface area contributed by atoms with E-state index in [9.17, 15) is 4.79 Å². The van der Waals surface area contributed by atoms with Gasteiger partial charge in [-0.15, -0.1) is 0 Å². The number of rotatable bonds is 7. The molecule has 2 aromatic carbocycles. The topological polar surface area (TPSA) is 79.1 Å². The fourth-order valence-electron chi connectivity index (χ4n) is 3.20. The van der Waals surface area contributed by atoms with Crippen molar-refractivity contribution in [1.82, 2.24) is 15.3 Å². The van der Waals surface area contributed by atoms with Gasteiger partial charge >= 0.3 is 0 Å². The molecule has 0 aliphatic heterocycles. The molecule has 0 aliphatic rings. The Morgan fingerprint density at radius 2 is 1.96 bits per heavy atom. The predicted molar refractivity (Wildman–Crippen MR) is 105 cm³/mol. The summed E-state index contributed by atoms with van der Waals surface area (Å²) in [6.45, 7) is 0.534. The summed E-state index contributed by atoms with van der Waals surface area (Å²) in [5, 5.41) is 4.99. The number of benzene rings is 2. The van der Waals surface area contributed by atoms with Crippen molar-refractivity contribution in [2.45, 2.75) is 6.42 Å². The molecule has 0 radical (unpaired) electrons. The number of carbonyl (C=O) groups excluding carboxylic acids is 1. The van der Waals surface area contributed by atoms with Gasteiger partial charge in [-0.1, -0.05) is 6.07 Å². The molecule has 1 amide bonds. The maximum Gasteiger partial charge on any atom is 0.257 e. The maximum atomic E-state index is 12.1. The second-order valence-corrected chi connectivity index (χ2v) is 6.31. The molecule has 0 aliphatic carbocycles. The summed E-state index contributed by atoms with van der Waals surface area (Å²) in [7, 11) is 1.65. The minimum Gasteiger partial charge on any atom is -0.497 e. The zero-order chi connectivity index (χ0) is 18.6. The van der Waals surface area contributed by atoms with Gasteiger partial charge in [-0.3, -0.25) is 4.79 Å². The minimum atomic E-state index is -0.139. The van der Waals surface area contributed by atoms with Crippen LogP contribution in [0.3, 0.4) is 0 Å². The molecule has 2 heterocycles. The van der Waals surface area contributed by atoms with E-state index in [1.807, 2.05) is 54.9 Å². The molecule has 6 nitrogen and oxygen atoms in total. The third kappa shape index (κ3) is 3.60. The number of hydrogen-bond donors (Lipinski definition) is 3. The van der Waals surface area contributed by atoms with Crippen LogP contribution in [-0.4, -0.2) is 36.1 Å². The first-order valence-electron chi connectivity index (χ1n) is 8.84. The van der Waals surface area contributed by atoms with E-state index >= 15 is 0 Å². The van der Waals surface area contributed by atoms with Crippen LogP contribution in [0.5, 0.6) is 11.5 Å². The van der Waals surface area contributed by atoms with Crippen molar-refractivity contribution in [3.05, 3.63) is 60.4 Å². The summed E-state index contributed by atoms with van der Waals surface area (Å²) in [6, 6.07) is 13.6. The van der Waals surface area contributed by atoms with E-state index in [-0.39, 0.29) is 12.5 Å². The maximum absolute atomic E-state index is 12.1. The highest BCUT2D eigenvalue weighted by atomic mass is 16.5. The number of carbonyl (C=O) groups is 1. The first-order valence-corrected chi connectivity index (χ1v) is 8.84. The number of fused-ring (bicyclic) bond motifs is 2. The van der Waals surface area contributed by atoms with Crippen molar-refractivity contribution in [1.29, 1.82) is 0 Å². The van der Waals surface area contributed by atoms with Gasteiger partial charge in [-0.05, 0) is 48.4 Å². The van der Waals surface area contributed by atoms with E-state index in [0.717, 1.165) is 39.5 Å². The first kappa shape index (κ1) is 17.0. The molecule has 4 rings (SSSR count). The van der Waals surface area contributed by atoms with Gasteiger partial charge in [-0.25, -0.2) is 0 Å². The lowest BCUT2D eigenvalue weighted by Crippen LogP contribution is -2.30. The molecule has 2 aromatic heterocycles. The highest BCUT2D eigenvalue weighted by Crippen LogP contribution is 2.25. The summed E-state index contributed by atoms with van der Waals surface area (Å²) in [6.07, 6.45) is 4.56. The third-order valence-corrected chi connectivity index (χ3v) is 4.60. The largest absolute Gasteiger partial charge is 0.497 e. The smallest absolute Gasteiger partial charge is 0.257 e. The molecule has 0 unspecified atom stereocenters. The Balaban J connectivity index is 1.31. The summed E-state index contributed by atoms with van der Waals surface area (Å²) < 4.78 is 11.0.